The number of hydrogen-bond acceptors (Lipinski definition) is 4. The molecule has 1 aromatic heterocycles. The average molecular weight is 352 g/mol. The number of rotatable bonds is 3. The Morgan fingerprint density at radius 1 is 1.45 bits per heavy atom. The summed E-state index contributed by atoms with van der Waals surface area (Å²) in [4.78, 5) is 13.7. The number of halogens is 1. The molecule has 1 unspecified atom stereocenters. The molecule has 0 aliphatic carbocycles. The lowest BCUT2D eigenvalue weighted by molar-refractivity contribution is -0.117. The van der Waals surface area contributed by atoms with Gasteiger partial charge in [0.25, 0.3) is 0 Å². The Morgan fingerprint density at radius 3 is 3.00 bits per heavy atom. The molecule has 1 aliphatic rings. The van der Waals surface area contributed by atoms with Crippen LogP contribution in [-0.2, 0) is 4.79 Å². The minimum absolute atomic E-state index is 0.140. The summed E-state index contributed by atoms with van der Waals surface area (Å²) >= 11 is 4.92. The summed E-state index contributed by atoms with van der Waals surface area (Å²) in [5.74, 6) is 0.509. The number of aromatic nitrogens is 2. The van der Waals surface area contributed by atoms with Crippen LogP contribution < -0.4 is 4.90 Å². The van der Waals surface area contributed by atoms with Crippen molar-refractivity contribution in [1.29, 1.82) is 0 Å². The number of anilines is 1. The van der Waals surface area contributed by atoms with E-state index in [1.807, 2.05) is 12.1 Å². The molecule has 2 heterocycles. The van der Waals surface area contributed by atoms with Gasteiger partial charge in [-0.25, -0.2) is 0 Å². The fraction of sp³-hybridized carbons (Fsp3) is 0.357. The van der Waals surface area contributed by atoms with E-state index >= 15 is 0 Å². The molecule has 0 N–H and O–H groups in total. The molecular formula is C14H14BrN3OS. The highest BCUT2D eigenvalue weighted by molar-refractivity contribution is 9.09. The maximum absolute atomic E-state index is 12.0. The number of hydrogen-bond donors (Lipinski definition) is 0. The van der Waals surface area contributed by atoms with Crippen molar-refractivity contribution < 1.29 is 4.79 Å². The Bertz CT molecular complexity index is 643. The molecule has 20 heavy (non-hydrogen) atoms. The van der Waals surface area contributed by atoms with Gasteiger partial charge in [-0.2, -0.15) is 0 Å². The topological polar surface area (TPSA) is 46.1 Å². The number of aryl methyl sites for hydroxylation is 1. The Balaban J connectivity index is 1.86. The zero-order valence-electron chi connectivity index (χ0n) is 11.0. The lowest BCUT2D eigenvalue weighted by Gasteiger charge is -2.10. The fourth-order valence-electron chi connectivity index (χ4n) is 2.29. The third-order valence-electron chi connectivity index (χ3n) is 3.33. The van der Waals surface area contributed by atoms with Crippen molar-refractivity contribution in [2.45, 2.75) is 13.3 Å². The van der Waals surface area contributed by atoms with Crippen molar-refractivity contribution >= 4 is 38.3 Å². The van der Waals surface area contributed by atoms with E-state index < -0.39 is 0 Å². The smallest absolute Gasteiger partial charge is 0.229 e. The predicted octanol–water partition coefficient (Wildman–Crippen LogP) is 3.26. The molecule has 0 bridgehead atoms. The quantitative estimate of drug-likeness (QED) is 0.797. The standard InChI is InChI=1S/C14H14BrN3OS/c1-9-3-2-4-11(5-9)13-16-17-14(20-13)18-8-10(7-15)6-12(18)19/h2-5,10H,6-8H2,1H3. The Labute approximate surface area is 130 Å². The summed E-state index contributed by atoms with van der Waals surface area (Å²) in [7, 11) is 0. The first-order valence-electron chi connectivity index (χ1n) is 6.44. The lowest BCUT2D eigenvalue weighted by Crippen LogP contribution is -2.24. The van der Waals surface area contributed by atoms with Gasteiger partial charge in [0.1, 0.15) is 5.01 Å². The predicted molar refractivity (Wildman–Crippen MR) is 84.3 cm³/mol. The molecule has 1 atom stereocenters. The van der Waals surface area contributed by atoms with Gasteiger partial charge in [-0.15, -0.1) is 10.2 Å². The molecule has 3 rings (SSSR count). The third kappa shape index (κ3) is 2.62. The molecule has 0 radical (unpaired) electrons. The van der Waals surface area contributed by atoms with Gasteiger partial charge in [0.15, 0.2) is 0 Å². The molecule has 1 fully saturated rings. The van der Waals surface area contributed by atoms with Gasteiger partial charge < -0.3 is 0 Å². The molecule has 0 spiro atoms. The number of carbonyl (C=O) groups is 1. The summed E-state index contributed by atoms with van der Waals surface area (Å²) in [6, 6.07) is 8.16. The summed E-state index contributed by atoms with van der Waals surface area (Å²) in [6.07, 6.45) is 0.588. The van der Waals surface area contributed by atoms with Crippen LogP contribution in [0.4, 0.5) is 5.13 Å². The van der Waals surface area contributed by atoms with E-state index in [9.17, 15) is 4.79 Å². The highest BCUT2D eigenvalue weighted by atomic mass is 79.9. The van der Waals surface area contributed by atoms with E-state index in [2.05, 4.69) is 45.2 Å². The summed E-state index contributed by atoms with van der Waals surface area (Å²) < 4.78 is 0. The van der Waals surface area contributed by atoms with Crippen molar-refractivity contribution in [3.8, 4) is 10.6 Å². The van der Waals surface area contributed by atoms with Crippen LogP contribution >= 0.6 is 27.3 Å². The molecule has 104 valence electrons. The molecule has 1 saturated heterocycles. The van der Waals surface area contributed by atoms with Crippen molar-refractivity contribution in [2.75, 3.05) is 16.8 Å². The minimum Gasteiger partial charge on any atom is -0.286 e. The zero-order chi connectivity index (χ0) is 14.1. The molecular weight excluding hydrogens is 338 g/mol. The van der Waals surface area contributed by atoms with Gasteiger partial charge in [0.2, 0.25) is 11.0 Å². The monoisotopic (exact) mass is 351 g/mol. The van der Waals surface area contributed by atoms with Crippen molar-refractivity contribution in [3.05, 3.63) is 29.8 Å². The first-order valence-corrected chi connectivity index (χ1v) is 8.38. The summed E-state index contributed by atoms with van der Waals surface area (Å²) in [5, 5.41) is 10.8. The van der Waals surface area contributed by atoms with Crippen LogP contribution in [0.3, 0.4) is 0 Å². The van der Waals surface area contributed by atoms with Crippen molar-refractivity contribution in [2.24, 2.45) is 5.92 Å². The molecule has 0 saturated carbocycles. The first-order chi connectivity index (χ1) is 9.67. The Hall–Kier alpha value is -1.27. The molecule has 4 nitrogen and oxygen atoms in total. The maximum atomic E-state index is 12.0. The summed E-state index contributed by atoms with van der Waals surface area (Å²) in [6.45, 7) is 2.78. The molecule has 1 amide bonds. The Kier molecular flexibility index (Phi) is 3.85. The van der Waals surface area contributed by atoms with Gasteiger partial charge in [0, 0.05) is 23.9 Å². The Morgan fingerprint density at radius 2 is 2.30 bits per heavy atom. The minimum atomic E-state index is 0.140. The third-order valence-corrected chi connectivity index (χ3v) is 5.24. The number of carbonyl (C=O) groups excluding carboxylic acids is 1. The van der Waals surface area contributed by atoms with Gasteiger partial charge in [-0.1, -0.05) is 51.0 Å². The van der Waals surface area contributed by atoms with Crippen LogP contribution in [-0.4, -0.2) is 28.0 Å². The fourth-order valence-corrected chi connectivity index (χ4v) is 3.59. The van der Waals surface area contributed by atoms with E-state index in [1.54, 1.807) is 4.90 Å². The first kappa shape index (κ1) is 13.7. The maximum Gasteiger partial charge on any atom is 0.229 e. The highest BCUT2D eigenvalue weighted by Crippen LogP contribution is 2.32. The second kappa shape index (κ2) is 5.61. The van der Waals surface area contributed by atoms with Crippen LogP contribution in [0, 0.1) is 12.8 Å². The van der Waals surface area contributed by atoms with Crippen LogP contribution in [0.1, 0.15) is 12.0 Å². The van der Waals surface area contributed by atoms with Gasteiger partial charge in [0.05, 0.1) is 0 Å². The van der Waals surface area contributed by atoms with Gasteiger partial charge in [-0.05, 0) is 18.9 Å². The van der Waals surface area contributed by atoms with E-state index in [-0.39, 0.29) is 5.91 Å². The van der Waals surface area contributed by atoms with Crippen molar-refractivity contribution in [3.63, 3.8) is 0 Å². The number of nitrogens with zero attached hydrogens (tertiary/aromatic N) is 3. The molecule has 1 aliphatic heterocycles. The average Bonchev–Trinajstić information content (AvgIpc) is 3.05. The molecule has 1 aromatic carbocycles. The van der Waals surface area contributed by atoms with Crippen LogP contribution in [0.5, 0.6) is 0 Å². The van der Waals surface area contributed by atoms with E-state index in [0.29, 0.717) is 17.5 Å². The number of amides is 1. The van der Waals surface area contributed by atoms with Gasteiger partial charge >= 0.3 is 0 Å². The SMILES string of the molecule is Cc1cccc(-c2nnc(N3CC(CBr)CC3=O)s2)c1. The number of alkyl halides is 1. The highest BCUT2D eigenvalue weighted by Gasteiger charge is 2.32. The largest absolute Gasteiger partial charge is 0.286 e. The summed E-state index contributed by atoms with van der Waals surface area (Å²) in [5.41, 5.74) is 2.24. The molecule has 6 heteroatoms. The molecule has 2 aromatic rings. The normalized spacial score (nSPS) is 18.8. The lowest BCUT2D eigenvalue weighted by atomic mass is 10.1. The van der Waals surface area contributed by atoms with Crippen molar-refractivity contribution in [1.82, 2.24) is 10.2 Å². The van der Waals surface area contributed by atoms with E-state index in [1.165, 1.54) is 16.9 Å². The second-order valence-corrected chi connectivity index (χ2v) is 6.59. The second-order valence-electron chi connectivity index (χ2n) is 4.99. The van der Waals surface area contributed by atoms with E-state index in [4.69, 9.17) is 0 Å². The van der Waals surface area contributed by atoms with Crippen LogP contribution in [0.15, 0.2) is 24.3 Å². The zero-order valence-corrected chi connectivity index (χ0v) is 13.4. The van der Waals surface area contributed by atoms with Crippen LogP contribution in [0.25, 0.3) is 10.6 Å². The van der Waals surface area contributed by atoms with Gasteiger partial charge in [-0.3, -0.25) is 9.69 Å². The van der Waals surface area contributed by atoms with E-state index in [0.717, 1.165) is 22.4 Å². The van der Waals surface area contributed by atoms with Crippen LogP contribution in [0.2, 0.25) is 0 Å². The number of benzene rings is 1.